The predicted molar refractivity (Wildman–Crippen MR) is 86.0 cm³/mol. The lowest BCUT2D eigenvalue weighted by atomic mass is 10.1. The van der Waals surface area contributed by atoms with Crippen molar-refractivity contribution in [1.82, 2.24) is 10.6 Å². The highest BCUT2D eigenvalue weighted by molar-refractivity contribution is 6.35. The number of hydrogen-bond acceptors (Lipinski definition) is 2. The number of rotatable bonds is 3. The van der Waals surface area contributed by atoms with E-state index in [2.05, 4.69) is 16.0 Å². The van der Waals surface area contributed by atoms with Gasteiger partial charge in [-0.1, -0.05) is 23.2 Å². The van der Waals surface area contributed by atoms with Gasteiger partial charge in [-0.3, -0.25) is 4.79 Å². The lowest BCUT2D eigenvalue weighted by Crippen LogP contribution is -2.51. The van der Waals surface area contributed by atoms with Gasteiger partial charge in [0.25, 0.3) is 0 Å². The van der Waals surface area contributed by atoms with E-state index >= 15 is 0 Å². The van der Waals surface area contributed by atoms with E-state index in [0.29, 0.717) is 15.7 Å². The highest BCUT2D eigenvalue weighted by Crippen LogP contribution is 2.22. The minimum Gasteiger partial charge on any atom is -0.350 e. The quantitative estimate of drug-likeness (QED) is 0.794. The summed E-state index contributed by atoms with van der Waals surface area (Å²) in [7, 11) is 0. The van der Waals surface area contributed by atoms with Gasteiger partial charge in [0.15, 0.2) is 0 Å². The first kappa shape index (κ1) is 17.6. The van der Waals surface area contributed by atoms with Crippen molar-refractivity contribution < 1.29 is 9.59 Å². The summed E-state index contributed by atoms with van der Waals surface area (Å²) in [4.78, 5) is 23.7. The molecule has 0 aliphatic carbocycles. The van der Waals surface area contributed by atoms with E-state index in [1.807, 2.05) is 20.8 Å². The van der Waals surface area contributed by atoms with Gasteiger partial charge in [0.2, 0.25) is 5.91 Å². The van der Waals surface area contributed by atoms with Gasteiger partial charge in [0, 0.05) is 21.3 Å². The molecule has 5 nitrogen and oxygen atoms in total. The third-order valence-corrected chi connectivity index (χ3v) is 2.80. The number of hydrogen-bond donors (Lipinski definition) is 3. The van der Waals surface area contributed by atoms with Crippen LogP contribution in [-0.2, 0) is 4.79 Å². The molecule has 1 rings (SSSR count). The van der Waals surface area contributed by atoms with Crippen molar-refractivity contribution in [3.05, 3.63) is 28.2 Å². The van der Waals surface area contributed by atoms with Gasteiger partial charge in [0.1, 0.15) is 6.04 Å². The molecule has 21 heavy (non-hydrogen) atoms. The van der Waals surface area contributed by atoms with Gasteiger partial charge in [-0.15, -0.1) is 0 Å². The van der Waals surface area contributed by atoms with Crippen LogP contribution in [0.15, 0.2) is 18.2 Å². The highest BCUT2D eigenvalue weighted by Gasteiger charge is 2.20. The second-order valence-corrected chi connectivity index (χ2v) is 6.59. The van der Waals surface area contributed by atoms with Crippen LogP contribution in [-0.4, -0.2) is 23.5 Å². The maximum Gasteiger partial charge on any atom is 0.319 e. The topological polar surface area (TPSA) is 70.2 Å². The third kappa shape index (κ3) is 6.69. The van der Waals surface area contributed by atoms with E-state index in [1.54, 1.807) is 25.1 Å². The molecule has 0 spiro atoms. The number of nitrogens with one attached hydrogen (secondary N) is 3. The summed E-state index contributed by atoms with van der Waals surface area (Å²) in [5.41, 5.74) is 0.0951. The third-order valence-electron chi connectivity index (χ3n) is 2.36. The van der Waals surface area contributed by atoms with Crippen molar-refractivity contribution in [2.24, 2.45) is 0 Å². The Labute approximate surface area is 134 Å². The summed E-state index contributed by atoms with van der Waals surface area (Å²) < 4.78 is 0. The number of carbonyl (C=O) groups is 2. The molecule has 1 atom stereocenters. The molecule has 3 amide bonds. The molecule has 7 heteroatoms. The average molecular weight is 332 g/mol. The zero-order valence-electron chi connectivity index (χ0n) is 12.4. The number of anilines is 1. The largest absolute Gasteiger partial charge is 0.350 e. The van der Waals surface area contributed by atoms with Crippen LogP contribution in [0, 0.1) is 0 Å². The van der Waals surface area contributed by atoms with E-state index in [1.165, 1.54) is 0 Å². The smallest absolute Gasteiger partial charge is 0.319 e. The Hall–Kier alpha value is -1.46. The Kier molecular flexibility index (Phi) is 5.87. The van der Waals surface area contributed by atoms with Crippen LogP contribution in [0.25, 0.3) is 0 Å². The lowest BCUT2D eigenvalue weighted by Gasteiger charge is -2.23. The molecular formula is C14H19Cl2N3O2. The molecule has 0 aromatic heterocycles. The average Bonchev–Trinajstić information content (AvgIpc) is 2.24. The highest BCUT2D eigenvalue weighted by atomic mass is 35.5. The first-order valence-corrected chi connectivity index (χ1v) is 7.18. The normalized spacial score (nSPS) is 12.5. The summed E-state index contributed by atoms with van der Waals surface area (Å²) in [6.07, 6.45) is 0. The van der Waals surface area contributed by atoms with Gasteiger partial charge in [-0.2, -0.15) is 0 Å². The van der Waals surface area contributed by atoms with Crippen LogP contribution in [0.5, 0.6) is 0 Å². The van der Waals surface area contributed by atoms with E-state index < -0.39 is 12.1 Å². The fourth-order valence-corrected chi connectivity index (χ4v) is 2.06. The van der Waals surface area contributed by atoms with Crippen LogP contribution in [0.1, 0.15) is 27.7 Å². The number of amides is 3. The van der Waals surface area contributed by atoms with Crippen LogP contribution >= 0.6 is 23.2 Å². The maximum absolute atomic E-state index is 11.9. The zero-order valence-corrected chi connectivity index (χ0v) is 13.9. The summed E-state index contributed by atoms with van der Waals surface area (Å²) in [6.45, 7) is 7.20. The Bertz CT molecular complexity index is 521. The minimum absolute atomic E-state index is 0.262. The molecule has 0 bridgehead atoms. The molecule has 0 aliphatic rings. The second kappa shape index (κ2) is 7.00. The molecule has 116 valence electrons. The van der Waals surface area contributed by atoms with Gasteiger partial charge >= 0.3 is 6.03 Å². The number of carbonyl (C=O) groups excluding carboxylic acids is 2. The van der Waals surface area contributed by atoms with Crippen LogP contribution < -0.4 is 16.0 Å². The Morgan fingerprint density at radius 3 is 2.10 bits per heavy atom. The SMILES string of the molecule is CC(NC(=O)Nc1cc(Cl)cc(Cl)c1)C(=O)NC(C)(C)C. The van der Waals surface area contributed by atoms with Gasteiger partial charge in [-0.05, 0) is 45.9 Å². The van der Waals surface area contributed by atoms with Gasteiger partial charge < -0.3 is 16.0 Å². The van der Waals surface area contributed by atoms with E-state index in [-0.39, 0.29) is 11.4 Å². The Balaban J connectivity index is 2.59. The standard InChI is InChI=1S/C14H19Cl2N3O2/c1-8(12(20)19-14(2,3)4)17-13(21)18-11-6-9(15)5-10(16)7-11/h5-8H,1-4H3,(H,19,20)(H2,17,18,21). The first-order chi connectivity index (χ1) is 9.56. The van der Waals surface area contributed by atoms with Gasteiger partial charge in [0.05, 0.1) is 0 Å². The molecule has 0 aliphatic heterocycles. The first-order valence-electron chi connectivity index (χ1n) is 6.42. The second-order valence-electron chi connectivity index (χ2n) is 5.72. The number of halogens is 2. The van der Waals surface area contributed by atoms with Gasteiger partial charge in [-0.25, -0.2) is 4.79 Å². The summed E-state index contributed by atoms with van der Waals surface area (Å²) in [5.74, 6) is -0.262. The minimum atomic E-state index is -0.668. The molecule has 0 radical (unpaired) electrons. The molecule has 0 heterocycles. The fourth-order valence-electron chi connectivity index (χ4n) is 1.53. The van der Waals surface area contributed by atoms with Crippen molar-refractivity contribution >= 4 is 40.8 Å². The molecule has 0 fully saturated rings. The maximum atomic E-state index is 11.9. The van der Waals surface area contributed by atoms with Crippen molar-refractivity contribution in [2.75, 3.05) is 5.32 Å². The summed E-state index contributed by atoms with van der Waals surface area (Å²) in [6, 6.07) is 3.51. The monoisotopic (exact) mass is 331 g/mol. The summed E-state index contributed by atoms with van der Waals surface area (Å²) in [5, 5.41) is 8.72. The van der Waals surface area contributed by atoms with E-state index in [0.717, 1.165) is 0 Å². The molecule has 1 unspecified atom stereocenters. The Morgan fingerprint density at radius 1 is 1.10 bits per heavy atom. The number of urea groups is 1. The van der Waals surface area contributed by atoms with E-state index in [9.17, 15) is 9.59 Å². The molecule has 3 N–H and O–H groups in total. The van der Waals surface area contributed by atoms with Crippen LogP contribution in [0.3, 0.4) is 0 Å². The molecule has 1 aromatic carbocycles. The van der Waals surface area contributed by atoms with Crippen molar-refractivity contribution in [2.45, 2.75) is 39.3 Å². The van der Waals surface area contributed by atoms with Crippen molar-refractivity contribution in [3.8, 4) is 0 Å². The van der Waals surface area contributed by atoms with Crippen LogP contribution in [0.4, 0.5) is 10.5 Å². The fraction of sp³-hybridized carbons (Fsp3) is 0.429. The predicted octanol–water partition coefficient (Wildman–Crippen LogP) is 3.42. The summed E-state index contributed by atoms with van der Waals surface area (Å²) >= 11 is 11.7. The molecular weight excluding hydrogens is 313 g/mol. The van der Waals surface area contributed by atoms with E-state index in [4.69, 9.17) is 23.2 Å². The molecule has 0 saturated heterocycles. The van der Waals surface area contributed by atoms with Crippen molar-refractivity contribution in [3.63, 3.8) is 0 Å². The zero-order chi connectivity index (χ0) is 16.2. The number of benzene rings is 1. The van der Waals surface area contributed by atoms with Crippen molar-refractivity contribution in [1.29, 1.82) is 0 Å². The Morgan fingerprint density at radius 2 is 1.62 bits per heavy atom. The lowest BCUT2D eigenvalue weighted by molar-refractivity contribution is -0.123. The molecule has 1 aromatic rings. The van der Waals surface area contributed by atoms with Crippen LogP contribution in [0.2, 0.25) is 10.0 Å². The molecule has 0 saturated carbocycles.